The van der Waals surface area contributed by atoms with E-state index in [2.05, 4.69) is 10.4 Å². The van der Waals surface area contributed by atoms with Crippen LogP contribution in [0.3, 0.4) is 0 Å². The highest BCUT2D eigenvalue weighted by Crippen LogP contribution is 2.29. The van der Waals surface area contributed by atoms with Gasteiger partial charge in [0.25, 0.3) is 17.3 Å². The van der Waals surface area contributed by atoms with Crippen LogP contribution < -0.4 is 5.32 Å². The van der Waals surface area contributed by atoms with Gasteiger partial charge in [-0.3, -0.25) is 25.0 Å². The number of nitro benzene ring substituents is 2. The molecule has 3 aromatic rings. The first kappa shape index (κ1) is 22.6. The molecule has 3 rings (SSSR count). The summed E-state index contributed by atoms with van der Waals surface area (Å²) >= 11 is 0. The van der Waals surface area contributed by atoms with Gasteiger partial charge in [-0.25, -0.2) is 4.68 Å². The zero-order chi connectivity index (χ0) is 23.6. The van der Waals surface area contributed by atoms with Crippen molar-refractivity contribution in [1.29, 1.82) is 0 Å². The number of carbonyl (C=O) groups excluding carboxylic acids is 1. The second-order valence-electron chi connectivity index (χ2n) is 8.41. The molecule has 0 saturated carbocycles. The summed E-state index contributed by atoms with van der Waals surface area (Å²) in [6.45, 7) is 7.74. The van der Waals surface area contributed by atoms with Crippen molar-refractivity contribution in [2.24, 2.45) is 0 Å². The summed E-state index contributed by atoms with van der Waals surface area (Å²) in [5, 5.41) is 29.9. The third kappa shape index (κ3) is 4.80. The van der Waals surface area contributed by atoms with Gasteiger partial charge < -0.3 is 5.32 Å². The molecule has 1 aromatic heterocycles. The Hall–Kier alpha value is -4.08. The van der Waals surface area contributed by atoms with Gasteiger partial charge in [0.1, 0.15) is 5.82 Å². The van der Waals surface area contributed by atoms with Crippen molar-refractivity contribution in [2.75, 3.05) is 5.32 Å². The zero-order valence-electron chi connectivity index (χ0n) is 18.2. The van der Waals surface area contributed by atoms with Crippen molar-refractivity contribution in [3.63, 3.8) is 0 Å². The van der Waals surface area contributed by atoms with Crippen LogP contribution in [0.1, 0.15) is 48.0 Å². The molecule has 0 spiro atoms. The molecule has 0 saturated heterocycles. The number of anilines is 1. The van der Waals surface area contributed by atoms with Crippen LogP contribution in [-0.4, -0.2) is 25.5 Å². The normalized spacial score (nSPS) is 11.2. The Morgan fingerprint density at radius 3 is 2.28 bits per heavy atom. The van der Waals surface area contributed by atoms with E-state index in [-0.39, 0.29) is 16.5 Å². The number of rotatable bonds is 6. The quantitative estimate of drug-likeness (QED) is 0.442. The highest BCUT2D eigenvalue weighted by Gasteiger charge is 2.26. The van der Waals surface area contributed by atoms with Gasteiger partial charge in [0.2, 0.25) is 0 Å². The van der Waals surface area contributed by atoms with E-state index in [1.165, 1.54) is 6.92 Å². The van der Waals surface area contributed by atoms with Gasteiger partial charge in [-0.2, -0.15) is 5.10 Å². The van der Waals surface area contributed by atoms with Crippen LogP contribution in [0, 0.1) is 27.2 Å². The maximum absolute atomic E-state index is 13.1. The summed E-state index contributed by atoms with van der Waals surface area (Å²) < 4.78 is 1.63. The van der Waals surface area contributed by atoms with Crippen LogP contribution >= 0.6 is 0 Å². The van der Waals surface area contributed by atoms with E-state index in [4.69, 9.17) is 0 Å². The van der Waals surface area contributed by atoms with Gasteiger partial charge in [-0.05, 0) is 12.5 Å². The van der Waals surface area contributed by atoms with Gasteiger partial charge in [-0.1, -0.05) is 51.1 Å². The lowest BCUT2D eigenvalue weighted by Gasteiger charge is -2.14. The van der Waals surface area contributed by atoms with Crippen LogP contribution in [0.5, 0.6) is 0 Å². The number of nitro groups is 2. The molecule has 0 unspecified atom stereocenters. The van der Waals surface area contributed by atoms with E-state index in [0.29, 0.717) is 12.4 Å². The van der Waals surface area contributed by atoms with Crippen molar-refractivity contribution >= 4 is 23.1 Å². The van der Waals surface area contributed by atoms with Crippen molar-refractivity contribution in [1.82, 2.24) is 9.78 Å². The Balaban J connectivity index is 2.03. The molecule has 1 heterocycles. The monoisotopic (exact) mass is 437 g/mol. The molecule has 1 N–H and O–H groups in total. The highest BCUT2D eigenvalue weighted by atomic mass is 16.6. The molecule has 0 aliphatic rings. The molecule has 10 nitrogen and oxygen atoms in total. The summed E-state index contributed by atoms with van der Waals surface area (Å²) in [5.41, 5.74) is 0.304. The Bertz CT molecular complexity index is 1200. The van der Waals surface area contributed by atoms with Gasteiger partial charge in [0.05, 0.1) is 33.7 Å². The van der Waals surface area contributed by atoms with Crippen LogP contribution in [0.15, 0.2) is 48.5 Å². The molecule has 10 heteroatoms. The van der Waals surface area contributed by atoms with Crippen LogP contribution in [0.2, 0.25) is 0 Å². The first-order chi connectivity index (χ1) is 15.0. The number of benzene rings is 2. The molecule has 166 valence electrons. The third-order valence-electron chi connectivity index (χ3n) is 4.98. The fourth-order valence-electron chi connectivity index (χ4n) is 3.16. The van der Waals surface area contributed by atoms with Crippen molar-refractivity contribution < 1.29 is 14.6 Å². The third-order valence-corrected chi connectivity index (χ3v) is 4.98. The van der Waals surface area contributed by atoms with E-state index < -0.39 is 27.1 Å². The minimum Gasteiger partial charge on any atom is -0.307 e. The summed E-state index contributed by atoms with van der Waals surface area (Å²) in [7, 11) is 0. The molecular formula is C22H23N5O5. The topological polar surface area (TPSA) is 133 Å². The number of hydrogen-bond acceptors (Lipinski definition) is 6. The average Bonchev–Trinajstić information content (AvgIpc) is 3.11. The maximum Gasteiger partial charge on any atom is 0.279 e. The summed E-state index contributed by atoms with van der Waals surface area (Å²) in [6.07, 6.45) is 0. The number of non-ortho nitro benzene ring substituents is 1. The Labute approximate surface area is 184 Å². The molecule has 0 bridgehead atoms. The second-order valence-corrected chi connectivity index (χ2v) is 8.41. The highest BCUT2D eigenvalue weighted by molar-refractivity contribution is 6.06. The van der Waals surface area contributed by atoms with Gasteiger partial charge in [0.15, 0.2) is 0 Å². The first-order valence-electron chi connectivity index (χ1n) is 9.84. The number of carbonyl (C=O) groups is 1. The molecular weight excluding hydrogens is 414 g/mol. The number of aromatic nitrogens is 2. The smallest absolute Gasteiger partial charge is 0.279 e. The number of amides is 1. The Morgan fingerprint density at radius 1 is 1.06 bits per heavy atom. The molecule has 0 aliphatic heterocycles. The lowest BCUT2D eigenvalue weighted by atomic mass is 9.92. The molecule has 0 fully saturated rings. The summed E-state index contributed by atoms with van der Waals surface area (Å²) in [6, 6.07) is 13.2. The molecule has 0 atom stereocenters. The maximum atomic E-state index is 13.1. The molecule has 32 heavy (non-hydrogen) atoms. The summed E-state index contributed by atoms with van der Waals surface area (Å²) in [4.78, 5) is 34.1. The lowest BCUT2D eigenvalue weighted by molar-refractivity contribution is -0.394. The fraction of sp³-hybridized carbons (Fsp3) is 0.273. The fourth-order valence-corrected chi connectivity index (χ4v) is 3.16. The lowest BCUT2D eigenvalue weighted by Crippen LogP contribution is -2.18. The molecule has 0 aliphatic carbocycles. The number of hydrogen-bond donors (Lipinski definition) is 1. The molecule has 2 aromatic carbocycles. The summed E-state index contributed by atoms with van der Waals surface area (Å²) in [5.74, 6) is -0.304. The van der Waals surface area contributed by atoms with E-state index in [9.17, 15) is 25.0 Å². The minimum atomic E-state index is -0.763. The molecule has 1 amide bonds. The Kier molecular flexibility index (Phi) is 6.06. The predicted octanol–water partition coefficient (Wildman–Crippen LogP) is 4.61. The SMILES string of the molecule is Cc1c(C(=O)Nc2cc(C(C)(C)C)nn2Cc2ccccc2)cc([N+](=O)[O-])cc1[N+](=O)[O-]. The standard InChI is InChI=1S/C22H23N5O5/c1-14-17(10-16(26(29)30)11-18(14)27(31)32)21(28)23-20-12-19(22(2,3)4)24-25(20)13-15-8-6-5-7-9-15/h5-12H,13H2,1-4H3,(H,23,28). The predicted molar refractivity (Wildman–Crippen MR) is 119 cm³/mol. The first-order valence-corrected chi connectivity index (χ1v) is 9.84. The Morgan fingerprint density at radius 2 is 1.72 bits per heavy atom. The van der Waals surface area contributed by atoms with Gasteiger partial charge in [0, 0.05) is 23.1 Å². The van der Waals surface area contributed by atoms with Gasteiger partial charge in [-0.15, -0.1) is 0 Å². The van der Waals surface area contributed by atoms with Gasteiger partial charge >= 0.3 is 0 Å². The second kappa shape index (κ2) is 8.58. The van der Waals surface area contributed by atoms with E-state index >= 15 is 0 Å². The van der Waals surface area contributed by atoms with Crippen LogP contribution in [0.4, 0.5) is 17.2 Å². The van der Waals surface area contributed by atoms with Crippen molar-refractivity contribution in [3.8, 4) is 0 Å². The largest absolute Gasteiger partial charge is 0.307 e. The number of nitrogens with zero attached hydrogens (tertiary/aromatic N) is 4. The van der Waals surface area contributed by atoms with E-state index in [1.54, 1.807) is 10.7 Å². The number of nitrogens with one attached hydrogen (secondary N) is 1. The molecule has 0 radical (unpaired) electrons. The van der Waals surface area contributed by atoms with Crippen LogP contribution in [-0.2, 0) is 12.0 Å². The van der Waals surface area contributed by atoms with E-state index in [1.807, 2.05) is 51.1 Å². The van der Waals surface area contributed by atoms with E-state index in [0.717, 1.165) is 23.4 Å². The zero-order valence-corrected chi connectivity index (χ0v) is 18.2. The van der Waals surface area contributed by atoms with Crippen LogP contribution in [0.25, 0.3) is 0 Å². The average molecular weight is 437 g/mol. The van der Waals surface area contributed by atoms with Crippen molar-refractivity contribution in [2.45, 2.75) is 39.7 Å². The van der Waals surface area contributed by atoms with Crippen molar-refractivity contribution in [3.05, 3.63) is 91.1 Å². The minimum absolute atomic E-state index is 0.0447.